The summed E-state index contributed by atoms with van der Waals surface area (Å²) in [7, 11) is 0. The monoisotopic (exact) mass is 535 g/mol. The van der Waals surface area contributed by atoms with Gasteiger partial charge in [-0.2, -0.15) is 0 Å². The lowest BCUT2D eigenvalue weighted by molar-refractivity contribution is -0.385. The van der Waals surface area contributed by atoms with Gasteiger partial charge in [-0.15, -0.1) is 24.0 Å². The number of ether oxygens (including phenoxy) is 6. The molecule has 0 N–H and O–H groups in total. The third-order valence-electron chi connectivity index (χ3n) is 5.59. The van der Waals surface area contributed by atoms with Gasteiger partial charge in [-0.1, -0.05) is 11.8 Å². The van der Waals surface area contributed by atoms with Crippen LogP contribution in [0.1, 0.15) is 21.6 Å². The number of nitro groups is 1. The molecule has 0 spiro atoms. The number of thiol groups is 1. The Morgan fingerprint density at radius 1 is 0.757 bits per heavy atom. The van der Waals surface area contributed by atoms with Crippen LogP contribution in [0.15, 0.2) is 28.5 Å². The van der Waals surface area contributed by atoms with Crippen LogP contribution in [0.5, 0.6) is 34.5 Å². The van der Waals surface area contributed by atoms with Gasteiger partial charge in [-0.3, -0.25) is 10.1 Å². The van der Waals surface area contributed by atoms with Crippen molar-refractivity contribution < 1.29 is 33.3 Å². The highest BCUT2D eigenvalue weighted by Crippen LogP contribution is 2.43. The van der Waals surface area contributed by atoms with Crippen LogP contribution in [0.3, 0.4) is 0 Å². The van der Waals surface area contributed by atoms with Gasteiger partial charge < -0.3 is 28.4 Å². The largest absolute Gasteiger partial charge is 0.485 e. The van der Waals surface area contributed by atoms with Crippen molar-refractivity contribution in [2.24, 2.45) is 0 Å². The van der Waals surface area contributed by atoms with E-state index in [1.165, 1.54) is 17.4 Å². The molecule has 0 unspecified atom stereocenters. The summed E-state index contributed by atoms with van der Waals surface area (Å²) in [5.74, 6) is 14.6. The van der Waals surface area contributed by atoms with Crippen molar-refractivity contribution in [1.29, 1.82) is 0 Å². The van der Waals surface area contributed by atoms with Crippen LogP contribution < -0.4 is 28.4 Å². The first kappa shape index (κ1) is 23.2. The van der Waals surface area contributed by atoms with E-state index in [-0.39, 0.29) is 30.2 Å². The van der Waals surface area contributed by atoms with E-state index in [4.69, 9.17) is 28.4 Å². The predicted molar refractivity (Wildman–Crippen MR) is 136 cm³/mol. The van der Waals surface area contributed by atoms with Gasteiger partial charge in [0.25, 0.3) is 5.69 Å². The van der Waals surface area contributed by atoms with Gasteiger partial charge in [-0.05, 0) is 24.0 Å². The van der Waals surface area contributed by atoms with Gasteiger partial charge >= 0.3 is 0 Å². The third kappa shape index (κ3) is 4.33. The van der Waals surface area contributed by atoms with Crippen LogP contribution in [0, 0.1) is 33.8 Å². The summed E-state index contributed by atoms with van der Waals surface area (Å²) in [5, 5.41) is 13.9. The maximum atomic E-state index is 12.1. The van der Waals surface area contributed by atoms with Crippen LogP contribution in [0.4, 0.5) is 5.69 Å². The molecule has 3 aromatic rings. The Labute approximate surface area is 220 Å². The Bertz CT molecular complexity index is 1560. The van der Waals surface area contributed by atoms with E-state index in [1.807, 2.05) is 0 Å². The molecule has 0 aliphatic carbocycles. The topological polar surface area (TPSA) is 98.5 Å². The molecule has 0 saturated carbocycles. The van der Waals surface area contributed by atoms with Gasteiger partial charge in [0, 0.05) is 11.4 Å². The zero-order chi connectivity index (χ0) is 25.4. The van der Waals surface area contributed by atoms with Gasteiger partial charge in [-0.25, -0.2) is 0 Å². The number of rotatable bonds is 1. The van der Waals surface area contributed by atoms with Crippen LogP contribution in [-0.4, -0.2) is 44.6 Å². The van der Waals surface area contributed by atoms with Gasteiger partial charge in [0.05, 0.1) is 20.9 Å². The van der Waals surface area contributed by atoms with E-state index in [2.05, 4.69) is 36.3 Å². The fourth-order valence-corrected chi connectivity index (χ4v) is 4.99. The molecule has 186 valence electrons. The molecule has 11 heteroatoms. The number of nitro benzene ring substituents is 1. The molecule has 0 atom stereocenters. The second-order valence-electron chi connectivity index (χ2n) is 7.87. The van der Waals surface area contributed by atoms with Crippen molar-refractivity contribution in [1.82, 2.24) is 0 Å². The quantitative estimate of drug-likeness (QED) is 0.216. The minimum atomic E-state index is -0.508. The third-order valence-corrected chi connectivity index (χ3v) is 6.80. The smallest absolute Gasteiger partial charge is 0.290 e. The average Bonchev–Trinajstić information content (AvgIpc) is 3.34. The van der Waals surface area contributed by atoms with Crippen molar-refractivity contribution in [3.63, 3.8) is 0 Å². The minimum absolute atomic E-state index is 0.109. The van der Waals surface area contributed by atoms with Crippen molar-refractivity contribution in [3.05, 3.63) is 55.3 Å². The van der Waals surface area contributed by atoms with Crippen molar-refractivity contribution in [3.8, 4) is 58.2 Å². The molecule has 0 fully saturated rings. The first-order chi connectivity index (χ1) is 18.1. The summed E-state index contributed by atoms with van der Waals surface area (Å²) in [5.41, 5.74) is 0.737. The van der Waals surface area contributed by atoms with Crippen LogP contribution in [0.25, 0.3) is 0 Å². The summed E-state index contributed by atoms with van der Waals surface area (Å²) in [6, 6.07) is 4.87. The van der Waals surface area contributed by atoms with E-state index >= 15 is 0 Å². The fraction of sp³-hybridized carbons (Fsp3) is 0.231. The van der Waals surface area contributed by atoms with E-state index < -0.39 is 4.92 Å². The summed E-state index contributed by atoms with van der Waals surface area (Å²) < 4.78 is 34.3. The van der Waals surface area contributed by atoms with E-state index in [1.54, 1.807) is 17.5 Å². The maximum absolute atomic E-state index is 12.1. The molecule has 0 saturated heterocycles. The number of hydrogen-bond donors (Lipinski definition) is 1. The normalized spacial score (nSPS) is 14.5. The van der Waals surface area contributed by atoms with Crippen LogP contribution >= 0.6 is 24.0 Å². The van der Waals surface area contributed by atoms with Gasteiger partial charge in [0.2, 0.25) is 0 Å². The Morgan fingerprint density at radius 2 is 1.38 bits per heavy atom. The first-order valence-electron chi connectivity index (χ1n) is 11.2. The lowest BCUT2D eigenvalue weighted by Crippen LogP contribution is -2.18. The highest BCUT2D eigenvalue weighted by molar-refractivity contribution is 7.80. The Hall–Kier alpha value is -4.19. The summed E-state index contributed by atoms with van der Waals surface area (Å²) in [6.07, 6.45) is 0. The number of fused-ring (bicyclic) bond motifs is 3. The fourth-order valence-electron chi connectivity index (χ4n) is 3.98. The molecular formula is C26H17NO8S2. The number of benzene rings is 2. The minimum Gasteiger partial charge on any atom is -0.485 e. The summed E-state index contributed by atoms with van der Waals surface area (Å²) in [4.78, 5) is 12.8. The number of hydrogen-bond acceptors (Lipinski definition) is 10. The molecule has 3 aliphatic rings. The average molecular weight is 536 g/mol. The lowest BCUT2D eigenvalue weighted by atomic mass is 10.0. The summed E-state index contributed by atoms with van der Waals surface area (Å²) >= 11 is 5.75. The van der Waals surface area contributed by atoms with Crippen LogP contribution in [-0.2, 0) is 0 Å². The lowest BCUT2D eigenvalue weighted by Gasteiger charge is -2.21. The first-order valence-corrected chi connectivity index (χ1v) is 12.6. The SMILES string of the molecule is O=[N+]([O-])c1cc(C#Cc2ccc(S)c3c2OCCO3)c2c(c1C#Cc1scc3c1OCCO3)OCCO2. The predicted octanol–water partition coefficient (Wildman–Crippen LogP) is 4.06. The highest BCUT2D eigenvalue weighted by atomic mass is 32.1. The Balaban J connectivity index is 1.45. The second-order valence-corrected chi connectivity index (χ2v) is 9.23. The van der Waals surface area contributed by atoms with E-state index in [9.17, 15) is 10.1 Å². The van der Waals surface area contributed by atoms with Crippen molar-refractivity contribution >= 4 is 29.7 Å². The molecule has 2 aromatic carbocycles. The molecule has 4 heterocycles. The maximum Gasteiger partial charge on any atom is 0.290 e. The zero-order valence-electron chi connectivity index (χ0n) is 19.1. The molecule has 6 rings (SSSR count). The van der Waals surface area contributed by atoms with E-state index in [0.717, 1.165) is 0 Å². The van der Waals surface area contributed by atoms with Gasteiger partial charge in [0.15, 0.2) is 34.5 Å². The highest BCUT2D eigenvalue weighted by Gasteiger charge is 2.28. The summed E-state index contributed by atoms with van der Waals surface area (Å²) in [6.45, 7) is 2.17. The zero-order valence-corrected chi connectivity index (χ0v) is 20.8. The molecule has 37 heavy (non-hydrogen) atoms. The molecule has 0 radical (unpaired) electrons. The molecular weight excluding hydrogens is 518 g/mol. The Morgan fingerprint density at radius 3 is 2.14 bits per heavy atom. The molecule has 0 amide bonds. The Kier molecular flexibility index (Phi) is 6.08. The standard InChI is InChI=1S/C26H17NO8S2/c28-27(29)18-13-16(2-1-15-3-5-20(36)26-22(15)31-10-12-35-26)23-24(33-11-9-32-23)17(18)4-6-21-25-19(14-37-21)30-7-8-34-25/h3,5,13-14,36H,7-12H2. The molecule has 3 aliphatic heterocycles. The molecule has 0 bridgehead atoms. The van der Waals surface area contributed by atoms with Crippen LogP contribution in [0.2, 0.25) is 0 Å². The van der Waals surface area contributed by atoms with Crippen molar-refractivity contribution in [2.45, 2.75) is 4.90 Å². The molecule has 9 nitrogen and oxygen atoms in total. The number of nitrogens with zero attached hydrogens (tertiary/aromatic N) is 1. The van der Waals surface area contributed by atoms with E-state index in [0.29, 0.717) is 76.1 Å². The van der Waals surface area contributed by atoms with Crippen molar-refractivity contribution in [2.75, 3.05) is 39.6 Å². The van der Waals surface area contributed by atoms with Gasteiger partial charge in [0.1, 0.15) is 50.1 Å². The second kappa shape index (κ2) is 9.69. The number of thiophene rings is 1. The molecule has 1 aromatic heterocycles.